The smallest absolute Gasteiger partial charge is 0.268 e. The molecular weight excluding hydrogens is 436 g/mol. The minimum absolute atomic E-state index is 0.142. The van der Waals surface area contributed by atoms with Crippen molar-refractivity contribution in [2.45, 2.75) is 39.2 Å². The first kappa shape index (κ1) is 24.6. The van der Waals surface area contributed by atoms with E-state index in [0.29, 0.717) is 24.2 Å². The van der Waals surface area contributed by atoms with Crippen molar-refractivity contribution in [3.63, 3.8) is 0 Å². The summed E-state index contributed by atoms with van der Waals surface area (Å²) in [5, 5.41) is 1.35. The van der Waals surface area contributed by atoms with Crippen molar-refractivity contribution in [3.05, 3.63) is 53.1 Å². The zero-order valence-electron chi connectivity index (χ0n) is 17.4. The maximum atomic E-state index is 12.8. The van der Waals surface area contributed by atoms with E-state index in [4.69, 9.17) is 0 Å². The number of rotatable bonds is 8. The van der Waals surface area contributed by atoms with Gasteiger partial charge in [-0.25, -0.2) is 9.99 Å². The number of halogens is 1. The van der Waals surface area contributed by atoms with Crippen molar-refractivity contribution < 1.29 is 14.3 Å². The number of ether oxygens (including phenoxy) is 1. The van der Waals surface area contributed by atoms with E-state index in [2.05, 4.69) is 49.2 Å². The predicted molar refractivity (Wildman–Crippen MR) is 120 cm³/mol. The number of nitrogens with zero attached hydrogens (tertiary/aromatic N) is 2. The molecule has 2 rings (SSSR count). The van der Waals surface area contributed by atoms with E-state index in [1.165, 1.54) is 5.01 Å². The number of imidazole rings is 1. The fraction of sp³-hybridized carbons (Fsp3) is 0.381. The molecule has 8 heteroatoms. The SMILES string of the molecule is C=C(Br)/C=C\C(=C)c1cnc(C2=C(C(=O)N(NC=O)C(C)C)CCC2)[nH]1.COC. The largest absolute Gasteiger partial charge is 0.388 e. The second-order valence-electron chi connectivity index (χ2n) is 6.69. The number of hydrogen-bond acceptors (Lipinski definition) is 4. The van der Waals surface area contributed by atoms with Crippen LogP contribution in [-0.2, 0) is 14.3 Å². The number of aromatic amines is 1. The first-order valence-electron chi connectivity index (χ1n) is 9.19. The van der Waals surface area contributed by atoms with Gasteiger partial charge in [-0.3, -0.25) is 15.0 Å². The van der Waals surface area contributed by atoms with Crippen molar-refractivity contribution in [1.29, 1.82) is 0 Å². The third kappa shape index (κ3) is 7.14. The quantitative estimate of drug-likeness (QED) is 0.345. The molecule has 0 spiro atoms. The molecule has 1 aromatic rings. The van der Waals surface area contributed by atoms with Crippen LogP contribution >= 0.6 is 15.9 Å². The number of carbonyl (C=O) groups is 2. The summed E-state index contributed by atoms with van der Waals surface area (Å²) >= 11 is 3.27. The molecule has 1 aromatic heterocycles. The number of allylic oxidation sites excluding steroid dienone is 5. The zero-order chi connectivity index (χ0) is 22.0. The second-order valence-corrected chi connectivity index (χ2v) is 7.70. The topological polar surface area (TPSA) is 87.3 Å². The number of methoxy groups -OCH3 is 1. The third-order valence-electron chi connectivity index (χ3n) is 4.08. The van der Waals surface area contributed by atoms with Gasteiger partial charge < -0.3 is 9.72 Å². The van der Waals surface area contributed by atoms with Gasteiger partial charge in [-0.15, -0.1) is 0 Å². The average molecular weight is 465 g/mol. The van der Waals surface area contributed by atoms with Gasteiger partial charge in [0, 0.05) is 35.9 Å². The summed E-state index contributed by atoms with van der Waals surface area (Å²) in [5.41, 5.74) is 5.60. The summed E-state index contributed by atoms with van der Waals surface area (Å²) in [5.74, 6) is 0.481. The van der Waals surface area contributed by atoms with Gasteiger partial charge in [-0.2, -0.15) is 0 Å². The minimum atomic E-state index is -0.188. The van der Waals surface area contributed by atoms with Gasteiger partial charge in [-0.05, 0) is 44.8 Å². The maximum absolute atomic E-state index is 12.8. The first-order valence-corrected chi connectivity index (χ1v) is 9.98. The average Bonchev–Trinajstić information content (AvgIpc) is 3.32. The molecule has 0 aromatic carbocycles. The Hall–Kier alpha value is -2.45. The Balaban J connectivity index is 0.00000132. The van der Waals surface area contributed by atoms with Crippen LogP contribution in [0.15, 0.2) is 41.6 Å². The lowest BCUT2D eigenvalue weighted by molar-refractivity contribution is -0.136. The van der Waals surface area contributed by atoms with Gasteiger partial charge >= 0.3 is 0 Å². The molecule has 158 valence electrons. The molecule has 1 aliphatic rings. The van der Waals surface area contributed by atoms with Crippen LogP contribution < -0.4 is 5.43 Å². The number of aromatic nitrogens is 2. The van der Waals surface area contributed by atoms with Crippen LogP contribution in [0.1, 0.15) is 44.6 Å². The van der Waals surface area contributed by atoms with Crippen LogP contribution in [0.3, 0.4) is 0 Å². The summed E-state index contributed by atoms with van der Waals surface area (Å²) in [6, 6.07) is -0.142. The molecule has 0 bridgehead atoms. The minimum Gasteiger partial charge on any atom is -0.388 e. The number of hydrazine groups is 1. The Morgan fingerprint density at radius 2 is 2.00 bits per heavy atom. The summed E-state index contributed by atoms with van der Waals surface area (Å²) < 4.78 is 5.00. The fourth-order valence-electron chi connectivity index (χ4n) is 2.80. The molecule has 0 unspecified atom stereocenters. The highest BCUT2D eigenvalue weighted by Gasteiger charge is 2.28. The monoisotopic (exact) mass is 464 g/mol. The first-order chi connectivity index (χ1) is 13.8. The molecule has 0 radical (unpaired) electrons. The maximum Gasteiger partial charge on any atom is 0.268 e. The highest BCUT2D eigenvalue weighted by Crippen LogP contribution is 2.34. The molecule has 2 amide bonds. The molecule has 2 N–H and O–H groups in total. The molecule has 29 heavy (non-hydrogen) atoms. The van der Waals surface area contributed by atoms with E-state index in [9.17, 15) is 9.59 Å². The highest BCUT2D eigenvalue weighted by atomic mass is 79.9. The number of H-pyrrole nitrogens is 1. The van der Waals surface area contributed by atoms with Crippen LogP contribution in [0.25, 0.3) is 11.1 Å². The number of hydrogen-bond donors (Lipinski definition) is 2. The van der Waals surface area contributed by atoms with Gasteiger partial charge in [0.05, 0.1) is 11.9 Å². The Kier molecular flexibility index (Phi) is 10.3. The molecule has 0 atom stereocenters. The number of amides is 2. The third-order valence-corrected chi connectivity index (χ3v) is 4.34. The van der Waals surface area contributed by atoms with Crippen LogP contribution in [0.4, 0.5) is 0 Å². The van der Waals surface area contributed by atoms with Crippen LogP contribution in [0.2, 0.25) is 0 Å². The van der Waals surface area contributed by atoms with E-state index in [1.807, 2.05) is 19.9 Å². The molecule has 0 aliphatic heterocycles. The molecular formula is C21H29BrN4O3. The van der Waals surface area contributed by atoms with Crippen molar-refractivity contribution in [2.75, 3.05) is 14.2 Å². The lowest BCUT2D eigenvalue weighted by Gasteiger charge is -2.25. The molecule has 1 heterocycles. The van der Waals surface area contributed by atoms with Crippen LogP contribution in [0, 0.1) is 0 Å². The molecule has 1 aliphatic carbocycles. The summed E-state index contributed by atoms with van der Waals surface area (Å²) in [6.07, 6.45) is 8.17. The zero-order valence-corrected chi connectivity index (χ0v) is 19.0. The summed E-state index contributed by atoms with van der Waals surface area (Å²) in [6.45, 7) is 11.5. The van der Waals surface area contributed by atoms with Crippen molar-refractivity contribution in [1.82, 2.24) is 20.4 Å². The molecule has 0 saturated carbocycles. The van der Waals surface area contributed by atoms with E-state index < -0.39 is 0 Å². The van der Waals surface area contributed by atoms with Crippen LogP contribution in [-0.4, -0.2) is 47.6 Å². The van der Waals surface area contributed by atoms with Gasteiger partial charge in [0.25, 0.3) is 5.91 Å². The van der Waals surface area contributed by atoms with E-state index in [1.54, 1.807) is 26.5 Å². The number of carbonyl (C=O) groups excluding carboxylic acids is 2. The Morgan fingerprint density at radius 3 is 2.55 bits per heavy atom. The lowest BCUT2D eigenvalue weighted by Crippen LogP contribution is -2.47. The Labute approximate surface area is 180 Å². The van der Waals surface area contributed by atoms with Crippen molar-refractivity contribution >= 4 is 39.4 Å². The molecule has 0 saturated heterocycles. The van der Waals surface area contributed by atoms with Gasteiger partial charge in [0.2, 0.25) is 6.41 Å². The van der Waals surface area contributed by atoms with Crippen molar-refractivity contribution in [3.8, 4) is 0 Å². The van der Waals surface area contributed by atoms with Gasteiger partial charge in [0.1, 0.15) is 5.82 Å². The highest BCUT2D eigenvalue weighted by molar-refractivity contribution is 9.11. The lowest BCUT2D eigenvalue weighted by atomic mass is 10.1. The number of nitrogens with one attached hydrogen (secondary N) is 2. The second kappa shape index (κ2) is 12.2. The van der Waals surface area contributed by atoms with Crippen LogP contribution in [0.5, 0.6) is 0 Å². The Bertz CT molecular complexity index is 809. The molecule has 0 fully saturated rings. The fourth-order valence-corrected chi connectivity index (χ4v) is 2.94. The van der Waals surface area contributed by atoms with E-state index >= 15 is 0 Å². The van der Waals surface area contributed by atoms with Gasteiger partial charge in [0.15, 0.2) is 0 Å². The van der Waals surface area contributed by atoms with Crippen molar-refractivity contribution in [2.24, 2.45) is 0 Å². The van der Waals surface area contributed by atoms with Gasteiger partial charge in [-0.1, -0.05) is 35.2 Å². The van der Waals surface area contributed by atoms with E-state index in [0.717, 1.165) is 34.2 Å². The summed E-state index contributed by atoms with van der Waals surface area (Å²) in [4.78, 5) is 31.3. The standard InChI is InChI=1S/C19H23BrN4O2.C2H6O/c1-12(2)24(22-11-25)19(26)16-7-5-6-15(16)18-21-10-17(23-18)13(3)8-9-14(4)20;1-3-2/h8-12H,3-7H2,1-2H3,(H,21,23)(H,22,25);1-2H3/b9-8-;. The molecule has 7 nitrogen and oxygen atoms in total. The summed E-state index contributed by atoms with van der Waals surface area (Å²) in [7, 11) is 3.25. The normalized spacial score (nSPS) is 13.3. The predicted octanol–water partition coefficient (Wildman–Crippen LogP) is 3.99. The Morgan fingerprint density at radius 1 is 1.34 bits per heavy atom. The van der Waals surface area contributed by atoms with E-state index in [-0.39, 0.29) is 11.9 Å².